The van der Waals surface area contributed by atoms with E-state index in [-0.39, 0.29) is 10.6 Å². The largest absolute Gasteiger partial charge is 0.466 e. The first-order chi connectivity index (χ1) is 8.15. The molecular formula is C11H9BrClFN2O. The van der Waals surface area contributed by atoms with Gasteiger partial charge in [0, 0.05) is 10.6 Å². The van der Waals surface area contributed by atoms with Crippen molar-refractivity contribution in [1.29, 1.82) is 0 Å². The molecule has 1 atom stereocenters. The van der Waals surface area contributed by atoms with E-state index in [1.807, 2.05) is 0 Å². The second kappa shape index (κ2) is 5.18. The van der Waals surface area contributed by atoms with E-state index in [0.29, 0.717) is 10.2 Å². The average molecular weight is 320 g/mol. The zero-order chi connectivity index (χ0) is 12.4. The van der Waals surface area contributed by atoms with Gasteiger partial charge in [0.05, 0.1) is 10.7 Å². The molecule has 0 aliphatic carbocycles. The van der Waals surface area contributed by atoms with E-state index < -0.39 is 11.9 Å². The van der Waals surface area contributed by atoms with Gasteiger partial charge in [-0.15, -0.1) is 0 Å². The lowest BCUT2D eigenvalue weighted by Crippen LogP contribution is -2.29. The van der Waals surface area contributed by atoms with E-state index in [2.05, 4.69) is 21.4 Å². The quantitative estimate of drug-likeness (QED) is 0.673. The van der Waals surface area contributed by atoms with E-state index in [1.165, 1.54) is 18.4 Å². The summed E-state index contributed by atoms with van der Waals surface area (Å²) in [6, 6.07) is 5.51. The van der Waals surface area contributed by atoms with Crippen LogP contribution in [0.15, 0.2) is 39.4 Å². The molecule has 3 nitrogen and oxygen atoms in total. The van der Waals surface area contributed by atoms with Crippen molar-refractivity contribution in [2.75, 3.05) is 0 Å². The molecule has 0 aliphatic heterocycles. The van der Waals surface area contributed by atoms with Gasteiger partial charge >= 0.3 is 0 Å². The van der Waals surface area contributed by atoms with Crippen LogP contribution in [0.1, 0.15) is 17.4 Å². The zero-order valence-corrected chi connectivity index (χ0v) is 10.9. The second-order valence-electron chi connectivity index (χ2n) is 3.37. The van der Waals surface area contributed by atoms with Crippen molar-refractivity contribution in [3.8, 4) is 0 Å². The van der Waals surface area contributed by atoms with Gasteiger partial charge in [-0.1, -0.05) is 17.7 Å². The molecule has 2 aromatic rings. The van der Waals surface area contributed by atoms with Crippen LogP contribution < -0.4 is 11.3 Å². The molecule has 1 aromatic heterocycles. The van der Waals surface area contributed by atoms with E-state index in [0.717, 1.165) is 0 Å². The summed E-state index contributed by atoms with van der Waals surface area (Å²) in [5.41, 5.74) is 2.75. The Morgan fingerprint density at radius 2 is 2.18 bits per heavy atom. The molecule has 0 aliphatic rings. The molecule has 90 valence electrons. The Morgan fingerprint density at radius 1 is 1.41 bits per heavy atom. The predicted octanol–water partition coefficient (Wildman–Crippen LogP) is 3.39. The third-order valence-corrected chi connectivity index (χ3v) is 3.35. The number of nitrogens with one attached hydrogen (secondary N) is 1. The molecule has 0 amide bonds. The molecule has 0 saturated carbocycles. The fourth-order valence-corrected chi connectivity index (χ4v) is 2.29. The van der Waals surface area contributed by atoms with Crippen molar-refractivity contribution in [2.45, 2.75) is 6.04 Å². The summed E-state index contributed by atoms with van der Waals surface area (Å²) in [6.45, 7) is 0. The zero-order valence-electron chi connectivity index (χ0n) is 8.58. The first-order valence-electron chi connectivity index (χ1n) is 4.78. The normalized spacial score (nSPS) is 12.7. The molecule has 2 rings (SSSR count). The lowest BCUT2D eigenvalue weighted by Gasteiger charge is -2.16. The number of hydrazine groups is 1. The Bertz CT molecular complexity index is 512. The Hall–Kier alpha value is -0.880. The predicted molar refractivity (Wildman–Crippen MR) is 67.0 cm³/mol. The minimum Gasteiger partial charge on any atom is -0.466 e. The molecule has 0 radical (unpaired) electrons. The van der Waals surface area contributed by atoms with Crippen molar-refractivity contribution in [3.63, 3.8) is 0 Å². The van der Waals surface area contributed by atoms with Crippen LogP contribution in [-0.4, -0.2) is 0 Å². The Morgan fingerprint density at radius 3 is 2.71 bits per heavy atom. The highest BCUT2D eigenvalue weighted by atomic mass is 79.9. The minimum atomic E-state index is -0.645. The number of benzene rings is 1. The maximum atomic E-state index is 13.8. The molecule has 0 saturated heterocycles. The van der Waals surface area contributed by atoms with Gasteiger partial charge in [-0.3, -0.25) is 5.84 Å². The third-order valence-electron chi connectivity index (χ3n) is 2.36. The third kappa shape index (κ3) is 2.37. The molecule has 3 N–H and O–H groups in total. The summed E-state index contributed by atoms with van der Waals surface area (Å²) in [5.74, 6) is 5.48. The van der Waals surface area contributed by atoms with Crippen molar-refractivity contribution in [2.24, 2.45) is 5.84 Å². The molecule has 1 unspecified atom stereocenters. The monoisotopic (exact) mass is 318 g/mol. The molecular weight excluding hydrogens is 310 g/mol. The lowest BCUT2D eigenvalue weighted by atomic mass is 10.0. The first kappa shape index (κ1) is 12.6. The van der Waals surface area contributed by atoms with Gasteiger partial charge < -0.3 is 4.42 Å². The topological polar surface area (TPSA) is 51.2 Å². The molecule has 0 spiro atoms. The number of hydrogen-bond donors (Lipinski definition) is 2. The summed E-state index contributed by atoms with van der Waals surface area (Å²) in [6.07, 6.45) is 1.48. The smallest absolute Gasteiger partial charge is 0.140 e. The van der Waals surface area contributed by atoms with Crippen LogP contribution in [-0.2, 0) is 0 Å². The molecule has 1 aromatic carbocycles. The molecule has 6 heteroatoms. The number of nitrogens with two attached hydrogens (primary N) is 1. The van der Waals surface area contributed by atoms with Crippen LogP contribution in [0, 0.1) is 5.82 Å². The minimum absolute atomic E-state index is 0.257. The highest BCUT2D eigenvalue weighted by molar-refractivity contribution is 9.10. The Balaban J connectivity index is 2.53. The maximum absolute atomic E-state index is 13.8. The number of halogens is 3. The van der Waals surface area contributed by atoms with Gasteiger partial charge in [0.2, 0.25) is 0 Å². The number of hydrogen-bond acceptors (Lipinski definition) is 3. The SMILES string of the molecule is NNC(c1occc1Br)c1c(F)cccc1Cl. The Labute approximate surface area is 111 Å². The van der Waals surface area contributed by atoms with E-state index >= 15 is 0 Å². The highest BCUT2D eigenvalue weighted by Gasteiger charge is 2.24. The van der Waals surface area contributed by atoms with Crippen LogP contribution >= 0.6 is 27.5 Å². The van der Waals surface area contributed by atoms with Crippen LogP contribution in [0.3, 0.4) is 0 Å². The van der Waals surface area contributed by atoms with Gasteiger partial charge in [0.25, 0.3) is 0 Å². The molecule has 17 heavy (non-hydrogen) atoms. The van der Waals surface area contributed by atoms with Gasteiger partial charge in [-0.2, -0.15) is 0 Å². The van der Waals surface area contributed by atoms with Crippen LogP contribution in [0.4, 0.5) is 4.39 Å². The fraction of sp³-hybridized carbons (Fsp3) is 0.0909. The van der Waals surface area contributed by atoms with Crippen molar-refractivity contribution in [3.05, 3.63) is 57.2 Å². The molecule has 0 fully saturated rings. The second-order valence-corrected chi connectivity index (χ2v) is 4.63. The van der Waals surface area contributed by atoms with Gasteiger partial charge in [0.1, 0.15) is 17.6 Å². The summed E-state index contributed by atoms with van der Waals surface area (Å²) in [7, 11) is 0. The average Bonchev–Trinajstić information content (AvgIpc) is 2.70. The fourth-order valence-electron chi connectivity index (χ4n) is 1.59. The summed E-state index contributed by atoms with van der Waals surface area (Å²) >= 11 is 9.28. The highest BCUT2D eigenvalue weighted by Crippen LogP contribution is 2.34. The first-order valence-corrected chi connectivity index (χ1v) is 5.95. The van der Waals surface area contributed by atoms with E-state index in [4.69, 9.17) is 21.9 Å². The lowest BCUT2D eigenvalue weighted by molar-refractivity contribution is 0.439. The van der Waals surface area contributed by atoms with Crippen LogP contribution in [0.2, 0.25) is 5.02 Å². The number of furan rings is 1. The molecule has 0 bridgehead atoms. The maximum Gasteiger partial charge on any atom is 0.140 e. The van der Waals surface area contributed by atoms with E-state index in [9.17, 15) is 4.39 Å². The van der Waals surface area contributed by atoms with Crippen molar-refractivity contribution >= 4 is 27.5 Å². The van der Waals surface area contributed by atoms with E-state index in [1.54, 1.807) is 12.1 Å². The Kier molecular flexibility index (Phi) is 3.83. The molecule has 1 heterocycles. The van der Waals surface area contributed by atoms with Crippen molar-refractivity contribution in [1.82, 2.24) is 5.43 Å². The van der Waals surface area contributed by atoms with Crippen LogP contribution in [0.25, 0.3) is 0 Å². The summed E-state index contributed by atoms with van der Waals surface area (Å²) in [5, 5.41) is 0.288. The number of rotatable bonds is 3. The van der Waals surface area contributed by atoms with Gasteiger partial charge in [-0.05, 0) is 34.1 Å². The van der Waals surface area contributed by atoms with Gasteiger partial charge in [0.15, 0.2) is 0 Å². The summed E-state index contributed by atoms with van der Waals surface area (Å²) in [4.78, 5) is 0. The standard InChI is InChI=1S/C11H9BrClFN2O/c12-6-4-5-17-11(6)10(16-15)9-7(13)2-1-3-8(9)14/h1-5,10,16H,15H2. The summed E-state index contributed by atoms with van der Waals surface area (Å²) < 4.78 is 19.7. The van der Waals surface area contributed by atoms with Crippen LogP contribution in [0.5, 0.6) is 0 Å². The van der Waals surface area contributed by atoms with Crippen molar-refractivity contribution < 1.29 is 8.81 Å². The van der Waals surface area contributed by atoms with Gasteiger partial charge in [-0.25, -0.2) is 9.82 Å².